The number of imidazole rings is 1. The first-order chi connectivity index (χ1) is 13.3. The van der Waals surface area contributed by atoms with E-state index in [1.165, 1.54) is 0 Å². The molecule has 8 nitrogen and oxygen atoms in total. The number of anilines is 1. The summed E-state index contributed by atoms with van der Waals surface area (Å²) in [6, 6.07) is 7.15. The molecule has 3 aromatic rings. The number of nitrogens with zero attached hydrogens (tertiary/aromatic N) is 4. The van der Waals surface area contributed by atoms with Gasteiger partial charge in [-0.3, -0.25) is 10.3 Å². The van der Waals surface area contributed by atoms with Gasteiger partial charge in [0.1, 0.15) is 11.9 Å². The fraction of sp³-hybridized carbons (Fsp3) is 0.263. The minimum atomic E-state index is -0.292. The van der Waals surface area contributed by atoms with E-state index < -0.39 is 0 Å². The summed E-state index contributed by atoms with van der Waals surface area (Å²) < 4.78 is 7.73. The Kier molecular flexibility index (Phi) is 5.06. The highest BCUT2D eigenvalue weighted by molar-refractivity contribution is 5.88. The summed E-state index contributed by atoms with van der Waals surface area (Å²) >= 11 is 0. The maximum absolute atomic E-state index is 12.3. The molecule has 27 heavy (non-hydrogen) atoms. The van der Waals surface area contributed by atoms with E-state index in [1.807, 2.05) is 29.0 Å². The summed E-state index contributed by atoms with van der Waals surface area (Å²) in [5.41, 5.74) is 2.04. The van der Waals surface area contributed by atoms with Crippen molar-refractivity contribution in [2.45, 2.75) is 25.1 Å². The zero-order valence-electron chi connectivity index (χ0n) is 14.7. The minimum Gasteiger partial charge on any atom is -0.371 e. The average molecular weight is 364 g/mol. The Bertz CT molecular complexity index is 867. The highest BCUT2D eigenvalue weighted by Gasteiger charge is 2.30. The Hall–Kier alpha value is -3.26. The lowest BCUT2D eigenvalue weighted by Gasteiger charge is -2.20. The van der Waals surface area contributed by atoms with Crippen molar-refractivity contribution in [1.82, 2.24) is 24.8 Å². The van der Waals surface area contributed by atoms with Crippen molar-refractivity contribution in [1.29, 1.82) is 0 Å². The maximum atomic E-state index is 12.3. The quantitative estimate of drug-likeness (QED) is 0.725. The third-order valence-corrected chi connectivity index (χ3v) is 4.43. The molecule has 2 N–H and O–H groups in total. The van der Waals surface area contributed by atoms with Gasteiger partial charge in [0.25, 0.3) is 0 Å². The second kappa shape index (κ2) is 7.96. The van der Waals surface area contributed by atoms with E-state index in [0.717, 1.165) is 17.5 Å². The Morgan fingerprint density at radius 3 is 2.81 bits per heavy atom. The molecule has 0 saturated carbocycles. The van der Waals surface area contributed by atoms with Crippen molar-refractivity contribution in [2.75, 3.05) is 11.9 Å². The number of hydrogen-bond donors (Lipinski definition) is 2. The van der Waals surface area contributed by atoms with Gasteiger partial charge in [0, 0.05) is 44.1 Å². The van der Waals surface area contributed by atoms with Gasteiger partial charge < -0.3 is 14.6 Å². The molecule has 1 aliphatic rings. The molecule has 0 aliphatic carbocycles. The number of carbonyl (C=O) groups is 1. The Morgan fingerprint density at radius 2 is 2.07 bits per heavy atom. The van der Waals surface area contributed by atoms with Crippen LogP contribution < -0.4 is 10.6 Å². The smallest absolute Gasteiger partial charge is 0.320 e. The molecule has 0 aromatic carbocycles. The van der Waals surface area contributed by atoms with Crippen LogP contribution in [-0.4, -0.2) is 38.2 Å². The van der Waals surface area contributed by atoms with Crippen LogP contribution in [0.1, 0.15) is 23.7 Å². The van der Waals surface area contributed by atoms with Gasteiger partial charge in [-0.25, -0.2) is 14.8 Å². The molecule has 138 valence electrons. The summed E-state index contributed by atoms with van der Waals surface area (Å²) in [4.78, 5) is 24.7. The Morgan fingerprint density at radius 1 is 1.19 bits per heavy atom. The lowest BCUT2D eigenvalue weighted by atomic mass is 10.0. The van der Waals surface area contributed by atoms with Crippen LogP contribution in [0.2, 0.25) is 0 Å². The van der Waals surface area contributed by atoms with E-state index >= 15 is 0 Å². The second-order valence-corrected chi connectivity index (χ2v) is 6.35. The summed E-state index contributed by atoms with van der Waals surface area (Å²) in [5.74, 6) is 0.501. The predicted molar refractivity (Wildman–Crippen MR) is 99.1 cm³/mol. The molecule has 0 bridgehead atoms. The van der Waals surface area contributed by atoms with Crippen LogP contribution >= 0.6 is 0 Å². The number of nitrogens with one attached hydrogen (secondary N) is 2. The number of carbonyl (C=O) groups excluding carboxylic acids is 1. The molecular formula is C19H20N6O2. The molecule has 4 heterocycles. The van der Waals surface area contributed by atoms with Crippen molar-refractivity contribution < 1.29 is 9.53 Å². The van der Waals surface area contributed by atoms with Gasteiger partial charge >= 0.3 is 6.03 Å². The third kappa shape index (κ3) is 4.29. The topological polar surface area (TPSA) is 94.0 Å². The summed E-state index contributed by atoms with van der Waals surface area (Å²) in [6.45, 7) is 1.30. The first-order valence-corrected chi connectivity index (χ1v) is 8.77. The van der Waals surface area contributed by atoms with Crippen molar-refractivity contribution in [3.8, 4) is 0 Å². The lowest BCUT2D eigenvalue weighted by Crippen LogP contribution is -2.39. The normalized spacial score (nSPS) is 19.0. The minimum absolute atomic E-state index is 0.0899. The maximum Gasteiger partial charge on any atom is 0.320 e. The fourth-order valence-corrected chi connectivity index (χ4v) is 3.12. The molecule has 1 aliphatic heterocycles. The summed E-state index contributed by atoms with van der Waals surface area (Å²) in [7, 11) is 0. The molecule has 4 rings (SSSR count). The van der Waals surface area contributed by atoms with E-state index in [2.05, 4.69) is 25.6 Å². The molecule has 3 aromatic heterocycles. The largest absolute Gasteiger partial charge is 0.371 e. The van der Waals surface area contributed by atoms with Crippen LogP contribution in [0.4, 0.5) is 10.6 Å². The first kappa shape index (κ1) is 17.2. The summed E-state index contributed by atoms with van der Waals surface area (Å²) in [5, 5.41) is 5.76. The number of rotatable bonds is 5. The monoisotopic (exact) mass is 364 g/mol. The van der Waals surface area contributed by atoms with Crippen LogP contribution in [0.25, 0.3) is 0 Å². The van der Waals surface area contributed by atoms with Crippen LogP contribution in [0.3, 0.4) is 0 Å². The molecule has 0 radical (unpaired) electrons. The fourth-order valence-electron chi connectivity index (χ4n) is 3.12. The van der Waals surface area contributed by atoms with Gasteiger partial charge in [-0.2, -0.15) is 0 Å². The number of amides is 2. The van der Waals surface area contributed by atoms with E-state index in [0.29, 0.717) is 19.0 Å². The molecule has 2 atom stereocenters. The number of hydrogen-bond acceptors (Lipinski definition) is 5. The molecule has 0 unspecified atom stereocenters. The Labute approximate surface area is 156 Å². The van der Waals surface area contributed by atoms with Crippen LogP contribution in [-0.2, 0) is 11.3 Å². The summed E-state index contributed by atoms with van der Waals surface area (Å²) in [6.07, 6.45) is 11.2. The third-order valence-electron chi connectivity index (χ3n) is 4.43. The lowest BCUT2D eigenvalue weighted by molar-refractivity contribution is 0.100. The van der Waals surface area contributed by atoms with Crippen LogP contribution in [0, 0.1) is 0 Å². The predicted octanol–water partition coefficient (Wildman–Crippen LogP) is 2.37. The van der Waals surface area contributed by atoms with Crippen LogP contribution in [0.15, 0.2) is 61.6 Å². The highest BCUT2D eigenvalue weighted by atomic mass is 16.5. The Balaban J connectivity index is 1.33. The van der Waals surface area contributed by atoms with Gasteiger partial charge in [0.15, 0.2) is 0 Å². The molecule has 2 amide bonds. The van der Waals surface area contributed by atoms with Crippen molar-refractivity contribution in [3.63, 3.8) is 0 Å². The molecule has 8 heteroatoms. The van der Waals surface area contributed by atoms with Gasteiger partial charge in [0.05, 0.1) is 12.4 Å². The van der Waals surface area contributed by atoms with Crippen molar-refractivity contribution >= 4 is 11.8 Å². The molecular weight excluding hydrogens is 344 g/mol. The molecule has 1 saturated heterocycles. The van der Waals surface area contributed by atoms with Crippen molar-refractivity contribution in [3.05, 3.63) is 72.7 Å². The van der Waals surface area contributed by atoms with E-state index in [-0.39, 0.29) is 18.2 Å². The van der Waals surface area contributed by atoms with Gasteiger partial charge in [0.2, 0.25) is 0 Å². The zero-order chi connectivity index (χ0) is 18.5. The average Bonchev–Trinajstić information content (AvgIpc) is 3.36. The van der Waals surface area contributed by atoms with E-state index in [1.54, 1.807) is 37.2 Å². The number of aromatic nitrogens is 4. The second-order valence-electron chi connectivity index (χ2n) is 6.35. The van der Waals surface area contributed by atoms with Gasteiger partial charge in [-0.15, -0.1) is 0 Å². The zero-order valence-corrected chi connectivity index (χ0v) is 14.7. The van der Waals surface area contributed by atoms with Gasteiger partial charge in [-0.05, 0) is 35.7 Å². The SMILES string of the molecule is O=C(Nc1ccc(Cn2ccnc2)cn1)N[C@@H]1CCO[C@H]1c1ccncc1. The van der Waals surface area contributed by atoms with Crippen molar-refractivity contribution in [2.24, 2.45) is 0 Å². The highest BCUT2D eigenvalue weighted by Crippen LogP contribution is 2.28. The molecule has 1 fully saturated rings. The standard InChI is InChI=1S/C19H20N6O2/c26-19(23-16-5-10-27-18(16)15-3-6-20-7-4-15)24-17-2-1-14(11-22-17)12-25-9-8-21-13-25/h1-4,6-9,11,13,16,18H,5,10,12H2,(H2,22,23,24,26)/t16-,18+/m1/s1. The molecule has 0 spiro atoms. The van der Waals surface area contributed by atoms with E-state index in [9.17, 15) is 4.79 Å². The first-order valence-electron chi connectivity index (χ1n) is 8.77. The van der Waals surface area contributed by atoms with Crippen LogP contribution in [0.5, 0.6) is 0 Å². The number of pyridine rings is 2. The number of urea groups is 1. The number of ether oxygens (including phenoxy) is 1. The van der Waals surface area contributed by atoms with Gasteiger partial charge in [-0.1, -0.05) is 6.07 Å². The van der Waals surface area contributed by atoms with E-state index in [4.69, 9.17) is 4.74 Å².